The van der Waals surface area contributed by atoms with Crippen molar-refractivity contribution in [2.75, 3.05) is 14.2 Å². The number of rotatable bonds is 5. The summed E-state index contributed by atoms with van der Waals surface area (Å²) in [4.78, 5) is 59.0. The molecule has 0 aliphatic heterocycles. The number of carbonyl (C=O) groups is 2. The Labute approximate surface area is 206 Å². The number of fused-ring (bicyclic) bond motifs is 5. The molecule has 0 N–H and O–H groups in total. The zero-order chi connectivity index (χ0) is 27.3. The molecule has 0 aliphatic rings. The van der Waals surface area contributed by atoms with Crippen molar-refractivity contribution in [1.29, 1.82) is 0 Å². The summed E-state index contributed by atoms with van der Waals surface area (Å²) < 4.78 is 9.68. The van der Waals surface area contributed by atoms with Crippen LogP contribution in [0.2, 0.25) is 0 Å². The number of nitrogens with zero attached hydrogens (tertiary/aromatic N) is 3. The minimum atomic E-state index is -0.960. The SMILES string of the molecule is COC(=O)c1cc2cc(C(=O)OC)c3c([N+](=O)[O-])cc([N+](=O)[O-])c(C)c3c2c2c(C)ccc([N+](=O)[O-])c12. The molecule has 0 aliphatic carbocycles. The summed E-state index contributed by atoms with van der Waals surface area (Å²) in [6, 6.07) is 5.91. The molecule has 0 saturated carbocycles. The quantitative estimate of drug-likeness (QED) is 0.153. The number of nitro groups is 3. The van der Waals surface area contributed by atoms with Gasteiger partial charge in [0.25, 0.3) is 17.1 Å². The molecule has 0 saturated heterocycles. The molecule has 37 heavy (non-hydrogen) atoms. The van der Waals surface area contributed by atoms with E-state index in [1.54, 1.807) is 6.92 Å². The Morgan fingerprint density at radius 1 is 0.649 bits per heavy atom. The molecule has 188 valence electrons. The number of benzene rings is 4. The minimum absolute atomic E-state index is 0.0145. The number of non-ortho nitro benzene ring substituents is 2. The molecule has 13 nitrogen and oxygen atoms in total. The van der Waals surface area contributed by atoms with Crippen LogP contribution in [-0.4, -0.2) is 40.9 Å². The van der Waals surface area contributed by atoms with Crippen molar-refractivity contribution in [3.8, 4) is 0 Å². The molecule has 0 bridgehead atoms. The van der Waals surface area contributed by atoms with Gasteiger partial charge in [-0.2, -0.15) is 0 Å². The van der Waals surface area contributed by atoms with Gasteiger partial charge >= 0.3 is 11.9 Å². The number of esters is 2. The Balaban J connectivity index is 2.52. The Bertz CT molecular complexity index is 1740. The molecule has 0 atom stereocenters. The second kappa shape index (κ2) is 8.78. The molecule has 0 heterocycles. The molecule has 4 aromatic carbocycles. The van der Waals surface area contributed by atoms with E-state index in [4.69, 9.17) is 9.47 Å². The van der Waals surface area contributed by atoms with Crippen LogP contribution in [-0.2, 0) is 9.47 Å². The molecule has 0 unspecified atom stereocenters. The number of methoxy groups -OCH3 is 2. The molecule has 0 fully saturated rings. The summed E-state index contributed by atoms with van der Waals surface area (Å²) in [5, 5.41) is 35.9. The van der Waals surface area contributed by atoms with Crippen LogP contribution >= 0.6 is 0 Å². The van der Waals surface area contributed by atoms with Gasteiger partial charge in [-0.25, -0.2) is 9.59 Å². The molecule has 0 aromatic heterocycles. The Morgan fingerprint density at radius 2 is 1.14 bits per heavy atom. The van der Waals surface area contributed by atoms with E-state index in [2.05, 4.69) is 0 Å². The maximum Gasteiger partial charge on any atom is 0.338 e. The first-order valence-electron chi connectivity index (χ1n) is 10.5. The number of carbonyl (C=O) groups excluding carboxylic acids is 2. The summed E-state index contributed by atoms with van der Waals surface area (Å²) in [7, 11) is 2.16. The summed E-state index contributed by atoms with van der Waals surface area (Å²) in [6.45, 7) is 2.96. The van der Waals surface area contributed by atoms with Gasteiger partial charge < -0.3 is 9.47 Å². The van der Waals surface area contributed by atoms with E-state index >= 15 is 0 Å². The van der Waals surface area contributed by atoms with Gasteiger partial charge in [0.05, 0.1) is 57.0 Å². The normalized spacial score (nSPS) is 11.0. The molecule has 13 heteroatoms. The van der Waals surface area contributed by atoms with Crippen LogP contribution in [0.15, 0.2) is 30.3 Å². The fraction of sp³-hybridized carbons (Fsp3) is 0.167. The molecule has 0 radical (unpaired) electrons. The van der Waals surface area contributed by atoms with Crippen LogP contribution in [0.4, 0.5) is 17.1 Å². The van der Waals surface area contributed by atoms with Crippen molar-refractivity contribution in [2.24, 2.45) is 0 Å². The van der Waals surface area contributed by atoms with Crippen LogP contribution in [0.5, 0.6) is 0 Å². The average Bonchev–Trinajstić information content (AvgIpc) is 2.86. The van der Waals surface area contributed by atoms with Crippen molar-refractivity contribution in [3.63, 3.8) is 0 Å². The average molecular weight is 507 g/mol. The van der Waals surface area contributed by atoms with Gasteiger partial charge in [-0.3, -0.25) is 30.3 Å². The summed E-state index contributed by atoms with van der Waals surface area (Å²) >= 11 is 0. The zero-order valence-corrected chi connectivity index (χ0v) is 19.8. The first kappa shape index (κ1) is 24.9. The predicted molar refractivity (Wildman–Crippen MR) is 131 cm³/mol. The Kier molecular flexibility index (Phi) is 5.91. The highest BCUT2D eigenvalue weighted by Crippen LogP contribution is 2.46. The molecular formula is C24H17N3O10. The fourth-order valence-corrected chi connectivity index (χ4v) is 4.71. The lowest BCUT2D eigenvalue weighted by atomic mass is 9.86. The predicted octanol–water partition coefficient (Wildman–Crippen LogP) is 5.06. The largest absolute Gasteiger partial charge is 0.465 e. The van der Waals surface area contributed by atoms with Crippen LogP contribution in [0.25, 0.3) is 32.3 Å². The smallest absolute Gasteiger partial charge is 0.338 e. The van der Waals surface area contributed by atoms with Crippen LogP contribution < -0.4 is 0 Å². The van der Waals surface area contributed by atoms with Crippen molar-refractivity contribution < 1.29 is 33.8 Å². The standard InChI is InChI=1S/C24H17N3O10/c1-10-5-6-15(25(30)31)21-13(23(28)36-3)7-12-8-14(24(29)37-4)22-17(27(34)35)9-16(26(32)33)11(2)19(22)20(12)18(10)21/h5-9H,1-4H3. The van der Waals surface area contributed by atoms with E-state index in [0.29, 0.717) is 5.56 Å². The fourth-order valence-electron chi connectivity index (χ4n) is 4.71. The van der Waals surface area contributed by atoms with Gasteiger partial charge in [0.15, 0.2) is 0 Å². The van der Waals surface area contributed by atoms with E-state index in [0.717, 1.165) is 20.3 Å². The number of aryl methyl sites for hydroxylation is 2. The number of hydrogen-bond acceptors (Lipinski definition) is 10. The highest BCUT2D eigenvalue weighted by Gasteiger charge is 2.32. The Hall–Kier alpha value is -5.20. The zero-order valence-electron chi connectivity index (χ0n) is 19.8. The summed E-state index contributed by atoms with van der Waals surface area (Å²) in [5.74, 6) is -1.86. The second-order valence-corrected chi connectivity index (χ2v) is 8.14. The second-order valence-electron chi connectivity index (χ2n) is 8.14. The van der Waals surface area contributed by atoms with E-state index in [9.17, 15) is 39.9 Å². The van der Waals surface area contributed by atoms with E-state index < -0.39 is 43.8 Å². The third-order valence-corrected chi connectivity index (χ3v) is 6.26. The van der Waals surface area contributed by atoms with Gasteiger partial charge in [-0.05, 0) is 42.3 Å². The number of ether oxygens (including phenoxy) is 2. The monoisotopic (exact) mass is 507 g/mol. The minimum Gasteiger partial charge on any atom is -0.465 e. The maximum atomic E-state index is 12.8. The topological polar surface area (TPSA) is 182 Å². The lowest BCUT2D eigenvalue weighted by molar-refractivity contribution is -0.393. The maximum absolute atomic E-state index is 12.8. The van der Waals surface area contributed by atoms with Gasteiger partial charge in [0, 0.05) is 22.4 Å². The first-order chi connectivity index (χ1) is 17.4. The third kappa shape index (κ3) is 3.64. The highest BCUT2D eigenvalue weighted by molar-refractivity contribution is 6.30. The highest BCUT2D eigenvalue weighted by atomic mass is 16.6. The molecule has 4 rings (SSSR count). The van der Waals surface area contributed by atoms with Crippen molar-refractivity contribution in [2.45, 2.75) is 13.8 Å². The summed E-state index contributed by atoms with van der Waals surface area (Å²) in [6.07, 6.45) is 0. The molecule has 4 aromatic rings. The van der Waals surface area contributed by atoms with Crippen LogP contribution in [0.1, 0.15) is 31.8 Å². The number of hydrogen-bond donors (Lipinski definition) is 0. The molecule has 0 spiro atoms. The Morgan fingerprint density at radius 3 is 1.59 bits per heavy atom. The van der Waals surface area contributed by atoms with E-state index in [-0.39, 0.29) is 49.0 Å². The molecule has 0 amide bonds. The van der Waals surface area contributed by atoms with Gasteiger partial charge in [0.1, 0.15) is 0 Å². The summed E-state index contributed by atoms with van der Waals surface area (Å²) in [5.41, 5.74) is -1.78. The van der Waals surface area contributed by atoms with Crippen molar-refractivity contribution in [1.82, 2.24) is 0 Å². The number of nitro benzene ring substituents is 3. The van der Waals surface area contributed by atoms with Crippen molar-refractivity contribution in [3.05, 3.63) is 82.9 Å². The third-order valence-electron chi connectivity index (χ3n) is 6.26. The lowest BCUT2D eigenvalue weighted by Crippen LogP contribution is -2.08. The van der Waals surface area contributed by atoms with E-state index in [1.807, 2.05) is 0 Å². The van der Waals surface area contributed by atoms with Crippen LogP contribution in [0, 0.1) is 44.2 Å². The van der Waals surface area contributed by atoms with Crippen LogP contribution in [0.3, 0.4) is 0 Å². The van der Waals surface area contributed by atoms with Gasteiger partial charge in [-0.1, -0.05) is 6.07 Å². The van der Waals surface area contributed by atoms with Gasteiger partial charge in [-0.15, -0.1) is 0 Å². The van der Waals surface area contributed by atoms with E-state index in [1.165, 1.54) is 31.2 Å². The lowest BCUT2D eigenvalue weighted by Gasteiger charge is -2.17. The van der Waals surface area contributed by atoms with Crippen molar-refractivity contribution >= 4 is 61.3 Å². The first-order valence-corrected chi connectivity index (χ1v) is 10.5. The molecular weight excluding hydrogens is 490 g/mol. The van der Waals surface area contributed by atoms with Gasteiger partial charge in [0.2, 0.25) is 0 Å².